The molecular formula is C19H21N3O4. The molecule has 136 valence electrons. The topological polar surface area (TPSA) is 74.5 Å². The number of imidazole rings is 1. The van der Waals surface area contributed by atoms with Gasteiger partial charge in [-0.1, -0.05) is 12.1 Å². The number of para-hydroxylation sites is 2. The predicted octanol–water partition coefficient (Wildman–Crippen LogP) is 1.67. The van der Waals surface area contributed by atoms with E-state index in [4.69, 9.17) is 9.47 Å². The third-order valence-corrected chi connectivity index (χ3v) is 4.32. The summed E-state index contributed by atoms with van der Waals surface area (Å²) in [5.41, 5.74) is 2.13. The molecule has 0 spiro atoms. The predicted molar refractivity (Wildman–Crippen MR) is 98.6 cm³/mol. The number of carbonyl (C=O) groups is 1. The number of aromatic nitrogens is 2. The molecule has 3 aromatic rings. The number of rotatable bonds is 6. The van der Waals surface area contributed by atoms with Crippen LogP contribution in [0, 0.1) is 0 Å². The Bertz CT molecular complexity index is 1000. The molecule has 1 aromatic heterocycles. The van der Waals surface area contributed by atoms with Crippen molar-refractivity contribution >= 4 is 16.9 Å². The molecule has 2 aromatic carbocycles. The molecule has 0 unspecified atom stereocenters. The van der Waals surface area contributed by atoms with Crippen LogP contribution in [0.2, 0.25) is 0 Å². The van der Waals surface area contributed by atoms with Crippen LogP contribution in [0.5, 0.6) is 11.5 Å². The summed E-state index contributed by atoms with van der Waals surface area (Å²) in [5.74, 6) is 1.06. The van der Waals surface area contributed by atoms with Crippen molar-refractivity contribution in [3.05, 3.63) is 58.5 Å². The highest BCUT2D eigenvalue weighted by Crippen LogP contribution is 2.24. The smallest absolute Gasteiger partial charge is 0.329 e. The monoisotopic (exact) mass is 355 g/mol. The summed E-state index contributed by atoms with van der Waals surface area (Å²) in [4.78, 5) is 24.7. The van der Waals surface area contributed by atoms with E-state index in [1.165, 1.54) is 9.13 Å². The number of hydrogen-bond acceptors (Lipinski definition) is 4. The van der Waals surface area contributed by atoms with Crippen molar-refractivity contribution in [1.29, 1.82) is 0 Å². The number of hydrogen-bond donors (Lipinski definition) is 1. The normalized spacial score (nSPS) is 10.7. The van der Waals surface area contributed by atoms with Crippen molar-refractivity contribution in [2.45, 2.75) is 13.1 Å². The van der Waals surface area contributed by atoms with E-state index in [0.29, 0.717) is 18.0 Å². The van der Waals surface area contributed by atoms with E-state index in [1.807, 2.05) is 30.3 Å². The molecule has 0 bridgehead atoms. The van der Waals surface area contributed by atoms with Crippen molar-refractivity contribution in [3.63, 3.8) is 0 Å². The van der Waals surface area contributed by atoms with Gasteiger partial charge in [-0.15, -0.1) is 0 Å². The van der Waals surface area contributed by atoms with Gasteiger partial charge in [0, 0.05) is 25.2 Å². The highest BCUT2D eigenvalue weighted by molar-refractivity contribution is 5.80. The van der Waals surface area contributed by atoms with Gasteiger partial charge in [0.05, 0.1) is 25.3 Å². The average Bonchev–Trinajstić information content (AvgIpc) is 2.91. The Balaban J connectivity index is 1.75. The minimum atomic E-state index is -0.249. The molecule has 0 atom stereocenters. The zero-order chi connectivity index (χ0) is 18.7. The Kier molecular flexibility index (Phi) is 4.97. The van der Waals surface area contributed by atoms with E-state index in [-0.39, 0.29) is 18.1 Å². The quantitative estimate of drug-likeness (QED) is 0.730. The highest BCUT2D eigenvalue weighted by atomic mass is 16.5. The maximum Gasteiger partial charge on any atom is 0.329 e. The van der Waals surface area contributed by atoms with Crippen LogP contribution >= 0.6 is 0 Å². The standard InChI is InChI=1S/C19H21N3O4/c1-21-15-6-4-5-7-16(15)22(19(21)24)12-18(23)20-11-13-8-9-14(25-2)10-17(13)26-3/h4-10H,11-12H2,1-3H3,(H,20,23). The number of amides is 1. The Morgan fingerprint density at radius 1 is 1.08 bits per heavy atom. The first-order valence-electron chi connectivity index (χ1n) is 8.17. The van der Waals surface area contributed by atoms with Gasteiger partial charge in [-0.2, -0.15) is 0 Å². The maximum absolute atomic E-state index is 12.4. The van der Waals surface area contributed by atoms with Crippen LogP contribution in [0.4, 0.5) is 0 Å². The summed E-state index contributed by atoms with van der Waals surface area (Å²) in [6.07, 6.45) is 0. The fourth-order valence-electron chi connectivity index (χ4n) is 2.91. The average molecular weight is 355 g/mol. The van der Waals surface area contributed by atoms with E-state index in [2.05, 4.69) is 5.32 Å². The molecular weight excluding hydrogens is 334 g/mol. The summed E-state index contributed by atoms with van der Waals surface area (Å²) in [6, 6.07) is 12.8. The first-order valence-corrected chi connectivity index (χ1v) is 8.17. The molecule has 1 N–H and O–H groups in total. The molecule has 0 aliphatic heterocycles. The van der Waals surface area contributed by atoms with Gasteiger partial charge in [0.2, 0.25) is 5.91 Å². The van der Waals surface area contributed by atoms with E-state index in [9.17, 15) is 9.59 Å². The first-order chi connectivity index (χ1) is 12.5. The minimum absolute atomic E-state index is 0.0430. The fourth-order valence-corrected chi connectivity index (χ4v) is 2.91. The highest BCUT2D eigenvalue weighted by Gasteiger charge is 2.13. The van der Waals surface area contributed by atoms with Crippen LogP contribution < -0.4 is 20.5 Å². The number of nitrogens with one attached hydrogen (secondary N) is 1. The van der Waals surface area contributed by atoms with Gasteiger partial charge in [0.1, 0.15) is 18.0 Å². The van der Waals surface area contributed by atoms with E-state index >= 15 is 0 Å². The summed E-state index contributed by atoms with van der Waals surface area (Å²) >= 11 is 0. The number of carbonyl (C=O) groups excluding carboxylic acids is 1. The van der Waals surface area contributed by atoms with Crippen molar-refractivity contribution in [2.24, 2.45) is 7.05 Å². The lowest BCUT2D eigenvalue weighted by molar-refractivity contribution is -0.121. The third kappa shape index (κ3) is 3.28. The second kappa shape index (κ2) is 7.35. The third-order valence-electron chi connectivity index (χ3n) is 4.32. The van der Waals surface area contributed by atoms with Crippen LogP contribution in [0.1, 0.15) is 5.56 Å². The fraction of sp³-hybridized carbons (Fsp3) is 0.263. The van der Waals surface area contributed by atoms with Gasteiger partial charge < -0.3 is 14.8 Å². The Hall–Kier alpha value is -3.22. The van der Waals surface area contributed by atoms with Crippen LogP contribution in [0.15, 0.2) is 47.3 Å². The molecule has 1 amide bonds. The van der Waals surface area contributed by atoms with Crippen LogP contribution in [-0.4, -0.2) is 29.3 Å². The van der Waals surface area contributed by atoms with Crippen LogP contribution in [0.25, 0.3) is 11.0 Å². The van der Waals surface area contributed by atoms with Gasteiger partial charge in [0.25, 0.3) is 0 Å². The molecule has 3 rings (SSSR count). The minimum Gasteiger partial charge on any atom is -0.497 e. The SMILES string of the molecule is COc1ccc(CNC(=O)Cn2c(=O)n(C)c3ccccc32)c(OC)c1. The lowest BCUT2D eigenvalue weighted by Gasteiger charge is -2.11. The van der Waals surface area contributed by atoms with Gasteiger partial charge in [-0.3, -0.25) is 13.9 Å². The summed E-state index contributed by atoms with van der Waals surface area (Å²) in [6.45, 7) is 0.254. The van der Waals surface area contributed by atoms with Gasteiger partial charge in [-0.25, -0.2) is 4.79 Å². The Morgan fingerprint density at radius 3 is 2.50 bits per heavy atom. The Morgan fingerprint density at radius 2 is 1.81 bits per heavy atom. The van der Waals surface area contributed by atoms with E-state index < -0.39 is 0 Å². The first kappa shape index (κ1) is 17.6. The van der Waals surface area contributed by atoms with Crippen molar-refractivity contribution in [3.8, 4) is 11.5 Å². The number of nitrogens with zero attached hydrogens (tertiary/aromatic N) is 2. The second-order valence-corrected chi connectivity index (χ2v) is 5.87. The molecule has 1 heterocycles. The maximum atomic E-state index is 12.4. The van der Waals surface area contributed by atoms with Gasteiger partial charge in [0.15, 0.2) is 0 Å². The van der Waals surface area contributed by atoms with Crippen LogP contribution in [0.3, 0.4) is 0 Å². The molecule has 0 aliphatic carbocycles. The largest absolute Gasteiger partial charge is 0.497 e. The van der Waals surface area contributed by atoms with Gasteiger partial charge in [-0.05, 0) is 24.3 Å². The number of benzene rings is 2. The lowest BCUT2D eigenvalue weighted by atomic mass is 10.2. The Labute approximate surface area is 150 Å². The van der Waals surface area contributed by atoms with Crippen molar-refractivity contribution in [1.82, 2.24) is 14.5 Å². The zero-order valence-electron chi connectivity index (χ0n) is 15.0. The number of ether oxygens (including phenoxy) is 2. The molecule has 7 heteroatoms. The molecule has 0 saturated heterocycles. The van der Waals surface area contributed by atoms with Gasteiger partial charge >= 0.3 is 5.69 Å². The summed E-state index contributed by atoms with van der Waals surface area (Å²) in [7, 11) is 4.84. The summed E-state index contributed by atoms with van der Waals surface area (Å²) in [5, 5.41) is 2.83. The van der Waals surface area contributed by atoms with Crippen molar-refractivity contribution in [2.75, 3.05) is 14.2 Å². The van der Waals surface area contributed by atoms with Crippen LogP contribution in [-0.2, 0) is 24.9 Å². The zero-order valence-corrected chi connectivity index (χ0v) is 15.0. The molecule has 0 fully saturated rings. The van der Waals surface area contributed by atoms with E-state index in [1.54, 1.807) is 33.4 Å². The lowest BCUT2D eigenvalue weighted by Crippen LogP contribution is -2.32. The molecule has 7 nitrogen and oxygen atoms in total. The number of methoxy groups -OCH3 is 2. The van der Waals surface area contributed by atoms with E-state index in [0.717, 1.165) is 16.6 Å². The summed E-state index contributed by atoms with van der Waals surface area (Å²) < 4.78 is 13.5. The second-order valence-electron chi connectivity index (χ2n) is 5.87. The molecule has 0 saturated carbocycles. The molecule has 26 heavy (non-hydrogen) atoms. The van der Waals surface area contributed by atoms with Crippen molar-refractivity contribution < 1.29 is 14.3 Å². The molecule has 0 aliphatic rings. The number of aryl methyl sites for hydroxylation is 1. The number of fused-ring (bicyclic) bond motifs is 1. The molecule has 0 radical (unpaired) electrons.